The number of ether oxygens (including phenoxy) is 2. The highest BCUT2D eigenvalue weighted by Gasteiger charge is 2.68. The van der Waals surface area contributed by atoms with E-state index < -0.39 is 17.1 Å². The molecule has 1 saturated carbocycles. The number of benzene rings is 1. The van der Waals surface area contributed by atoms with Gasteiger partial charge in [0.2, 0.25) is 0 Å². The van der Waals surface area contributed by atoms with E-state index in [1.54, 1.807) is 6.07 Å². The number of nitrogens with zero attached hydrogens (tertiary/aromatic N) is 3. The molecule has 1 aromatic rings. The van der Waals surface area contributed by atoms with E-state index in [1.807, 2.05) is 26.0 Å². The van der Waals surface area contributed by atoms with Gasteiger partial charge in [0.05, 0.1) is 50.2 Å². The van der Waals surface area contributed by atoms with Crippen molar-refractivity contribution in [3.63, 3.8) is 0 Å². The van der Waals surface area contributed by atoms with Crippen molar-refractivity contribution in [1.82, 2.24) is 4.90 Å². The minimum absolute atomic E-state index is 0.0220. The predicted octanol–water partition coefficient (Wildman–Crippen LogP) is 1.30. The van der Waals surface area contributed by atoms with Gasteiger partial charge < -0.3 is 20.3 Å². The van der Waals surface area contributed by atoms with E-state index in [1.165, 1.54) is 4.90 Å². The van der Waals surface area contributed by atoms with Gasteiger partial charge in [-0.3, -0.25) is 9.69 Å². The monoisotopic (exact) mass is 438 g/mol. The largest absolute Gasteiger partial charge is 0.393 e. The summed E-state index contributed by atoms with van der Waals surface area (Å²) in [5.41, 5.74) is 7.03. The average Bonchev–Trinajstić information content (AvgIpc) is 3.19. The third-order valence-corrected chi connectivity index (χ3v) is 7.90. The summed E-state index contributed by atoms with van der Waals surface area (Å²) in [5, 5.41) is 20.2. The van der Waals surface area contributed by atoms with E-state index in [-0.39, 0.29) is 36.4 Å². The van der Waals surface area contributed by atoms with E-state index in [4.69, 9.17) is 20.2 Å². The molecular formula is C24H30N4O4. The van der Waals surface area contributed by atoms with Crippen LogP contribution in [-0.4, -0.2) is 60.4 Å². The highest BCUT2D eigenvalue weighted by atomic mass is 16.6. The van der Waals surface area contributed by atoms with Gasteiger partial charge in [0.25, 0.3) is 5.91 Å². The number of nitrogens with two attached hydrogens (primary N) is 1. The first-order valence-corrected chi connectivity index (χ1v) is 11.4. The molecule has 2 heterocycles. The normalized spacial score (nSPS) is 38.8. The van der Waals surface area contributed by atoms with Crippen molar-refractivity contribution in [2.45, 2.75) is 50.9 Å². The summed E-state index contributed by atoms with van der Waals surface area (Å²) in [6, 6.07) is 7.76. The Balaban J connectivity index is 1.61. The number of guanidine groups is 1. The van der Waals surface area contributed by atoms with Crippen molar-refractivity contribution in [2.24, 2.45) is 28.0 Å². The Kier molecular flexibility index (Phi) is 5.04. The molecule has 3 N–H and O–H groups in total. The molecule has 2 fully saturated rings. The van der Waals surface area contributed by atoms with Crippen molar-refractivity contribution in [3.8, 4) is 6.07 Å². The van der Waals surface area contributed by atoms with E-state index >= 15 is 0 Å². The Labute approximate surface area is 188 Å². The zero-order valence-electron chi connectivity index (χ0n) is 18.6. The number of carbonyl (C=O) groups is 1. The molecule has 4 aliphatic rings. The standard InChI is InChI=1S/C24H30N4O4/c1-14-8-23(9-15(2)20(14)29)10-17-4-3-16(11-25)7-19(17)24(23)21(30)28(22(26)27-24)12-18-13-31-5-6-32-18/h3-4,7,14-15,18,20,29H,5-6,8-10,12-13H2,1-2H3,(H2,26,27)/t14-,15+,18-,20+,23+,24+/m0/s1. The molecule has 2 aliphatic heterocycles. The maximum atomic E-state index is 14.2. The van der Waals surface area contributed by atoms with Gasteiger partial charge in [-0.1, -0.05) is 19.9 Å². The molecule has 6 atom stereocenters. The summed E-state index contributed by atoms with van der Waals surface area (Å²) in [6.45, 7) is 5.80. The second-order valence-electron chi connectivity index (χ2n) is 9.96. The minimum atomic E-state index is -1.18. The zero-order valence-corrected chi connectivity index (χ0v) is 18.6. The number of hydrogen-bond donors (Lipinski definition) is 2. The Morgan fingerprint density at radius 1 is 1.31 bits per heavy atom. The summed E-state index contributed by atoms with van der Waals surface area (Å²) in [6.07, 6.45) is 1.32. The molecule has 5 rings (SSSR count). The molecule has 0 unspecified atom stereocenters. The molecule has 1 aromatic carbocycles. The van der Waals surface area contributed by atoms with Crippen molar-refractivity contribution in [1.29, 1.82) is 5.26 Å². The fraction of sp³-hybridized carbons (Fsp3) is 0.625. The van der Waals surface area contributed by atoms with Crippen LogP contribution in [0, 0.1) is 28.6 Å². The quantitative estimate of drug-likeness (QED) is 0.718. The van der Waals surface area contributed by atoms with Gasteiger partial charge in [-0.05, 0) is 54.4 Å². The number of rotatable bonds is 2. The molecule has 1 saturated heterocycles. The fourth-order valence-electron chi connectivity index (χ4n) is 6.60. The van der Waals surface area contributed by atoms with Crippen molar-refractivity contribution >= 4 is 11.9 Å². The number of nitriles is 1. The average molecular weight is 439 g/mol. The first-order valence-electron chi connectivity index (χ1n) is 11.4. The maximum absolute atomic E-state index is 14.2. The summed E-state index contributed by atoms with van der Waals surface area (Å²) < 4.78 is 11.3. The minimum Gasteiger partial charge on any atom is -0.393 e. The van der Waals surface area contributed by atoms with Crippen LogP contribution in [0.15, 0.2) is 23.2 Å². The number of carbonyl (C=O) groups excluding carboxylic acids is 1. The Bertz CT molecular complexity index is 1000. The Hall–Kier alpha value is -2.47. The number of aliphatic hydroxyl groups excluding tert-OH is 1. The molecule has 170 valence electrons. The summed E-state index contributed by atoms with van der Waals surface area (Å²) in [7, 11) is 0. The van der Waals surface area contributed by atoms with Crippen LogP contribution in [0.25, 0.3) is 0 Å². The van der Waals surface area contributed by atoms with E-state index in [0.29, 0.717) is 44.6 Å². The lowest BCUT2D eigenvalue weighted by Crippen LogP contribution is -2.56. The fourth-order valence-corrected chi connectivity index (χ4v) is 6.60. The number of amides is 1. The van der Waals surface area contributed by atoms with Gasteiger partial charge in [0.15, 0.2) is 11.5 Å². The molecule has 0 aromatic heterocycles. The van der Waals surface area contributed by atoms with Crippen LogP contribution in [0.2, 0.25) is 0 Å². The second-order valence-corrected chi connectivity index (χ2v) is 9.96. The first kappa shape index (κ1) is 21.4. The zero-order chi connectivity index (χ0) is 22.7. The van der Waals surface area contributed by atoms with Crippen LogP contribution in [-0.2, 0) is 26.2 Å². The first-order chi connectivity index (χ1) is 15.3. The number of hydrogen-bond acceptors (Lipinski definition) is 7. The third-order valence-electron chi connectivity index (χ3n) is 7.90. The number of aliphatic imine (C=N–C) groups is 1. The van der Waals surface area contributed by atoms with Gasteiger partial charge in [0.1, 0.15) is 0 Å². The van der Waals surface area contributed by atoms with Gasteiger partial charge in [-0.15, -0.1) is 0 Å². The van der Waals surface area contributed by atoms with E-state index in [0.717, 1.165) is 11.1 Å². The van der Waals surface area contributed by atoms with Gasteiger partial charge in [-0.25, -0.2) is 4.99 Å². The topological polar surface area (TPSA) is 121 Å². The van der Waals surface area contributed by atoms with Crippen LogP contribution in [0.4, 0.5) is 0 Å². The lowest BCUT2D eigenvalue weighted by Gasteiger charge is -2.49. The second kappa shape index (κ2) is 7.55. The summed E-state index contributed by atoms with van der Waals surface area (Å²) in [5.74, 6) is 0.0708. The lowest BCUT2D eigenvalue weighted by molar-refractivity contribution is -0.145. The smallest absolute Gasteiger partial charge is 0.262 e. The molecule has 32 heavy (non-hydrogen) atoms. The molecule has 2 spiro atoms. The summed E-state index contributed by atoms with van der Waals surface area (Å²) >= 11 is 0. The number of aliphatic hydroxyl groups is 1. The van der Waals surface area contributed by atoms with Crippen molar-refractivity contribution in [3.05, 3.63) is 34.9 Å². The molecule has 2 aliphatic carbocycles. The maximum Gasteiger partial charge on any atom is 0.262 e. The van der Waals surface area contributed by atoms with Crippen LogP contribution in [0.3, 0.4) is 0 Å². The highest BCUT2D eigenvalue weighted by Crippen LogP contribution is 2.63. The number of fused-ring (bicyclic) bond motifs is 3. The van der Waals surface area contributed by atoms with Crippen molar-refractivity contribution < 1.29 is 19.4 Å². The Morgan fingerprint density at radius 2 is 2.06 bits per heavy atom. The molecule has 0 bridgehead atoms. The van der Waals surface area contributed by atoms with Crippen LogP contribution >= 0.6 is 0 Å². The lowest BCUT2D eigenvalue weighted by atomic mass is 9.56. The van der Waals surface area contributed by atoms with Crippen LogP contribution in [0.1, 0.15) is 43.4 Å². The molecular weight excluding hydrogens is 408 g/mol. The van der Waals surface area contributed by atoms with Gasteiger partial charge >= 0.3 is 0 Å². The van der Waals surface area contributed by atoms with Crippen LogP contribution in [0.5, 0.6) is 0 Å². The third kappa shape index (κ3) is 2.92. The van der Waals surface area contributed by atoms with Crippen molar-refractivity contribution in [2.75, 3.05) is 26.4 Å². The Morgan fingerprint density at radius 3 is 2.72 bits per heavy atom. The molecule has 0 radical (unpaired) electrons. The van der Waals surface area contributed by atoms with E-state index in [2.05, 4.69) is 6.07 Å². The van der Waals surface area contributed by atoms with E-state index in [9.17, 15) is 15.2 Å². The van der Waals surface area contributed by atoms with Gasteiger partial charge in [-0.2, -0.15) is 5.26 Å². The molecule has 8 heteroatoms. The SMILES string of the molecule is C[C@@H]1C[C@@]2(Cc3ccc(C#N)cc3[C@]23N=C(N)N(C[C@H]2COCCO2)C3=O)C[C@H](C)[C@H]1O. The van der Waals surface area contributed by atoms with Gasteiger partial charge in [0, 0.05) is 5.41 Å². The highest BCUT2D eigenvalue weighted by molar-refractivity contribution is 6.08. The predicted molar refractivity (Wildman–Crippen MR) is 116 cm³/mol. The summed E-state index contributed by atoms with van der Waals surface area (Å²) in [4.78, 5) is 20.7. The molecule has 8 nitrogen and oxygen atoms in total. The molecule has 1 amide bonds. The van der Waals surface area contributed by atoms with Crippen LogP contribution < -0.4 is 5.73 Å².